The van der Waals surface area contributed by atoms with Gasteiger partial charge in [0.15, 0.2) is 5.78 Å². The molecular formula is C18H24O5. The van der Waals surface area contributed by atoms with Gasteiger partial charge in [-0.25, -0.2) is 0 Å². The van der Waals surface area contributed by atoms with Gasteiger partial charge in [0.2, 0.25) is 0 Å². The van der Waals surface area contributed by atoms with Gasteiger partial charge in [0.05, 0.1) is 19.1 Å². The number of carbonyl (C=O) groups excluding carboxylic acids is 3. The third-order valence-corrected chi connectivity index (χ3v) is 3.39. The fourth-order valence-electron chi connectivity index (χ4n) is 2.26. The van der Waals surface area contributed by atoms with Crippen LogP contribution in [-0.4, -0.2) is 30.9 Å². The Morgan fingerprint density at radius 1 is 1.00 bits per heavy atom. The van der Waals surface area contributed by atoms with Gasteiger partial charge in [-0.2, -0.15) is 0 Å². The van der Waals surface area contributed by atoms with Crippen molar-refractivity contribution in [3.05, 3.63) is 35.9 Å². The van der Waals surface area contributed by atoms with Gasteiger partial charge in [-0.15, -0.1) is 0 Å². The number of ether oxygens (including phenoxy) is 2. The van der Waals surface area contributed by atoms with Crippen LogP contribution in [0, 0.1) is 5.92 Å². The van der Waals surface area contributed by atoms with E-state index >= 15 is 0 Å². The van der Waals surface area contributed by atoms with E-state index in [0.29, 0.717) is 25.0 Å². The lowest BCUT2D eigenvalue weighted by Crippen LogP contribution is -2.21. The second-order valence-corrected chi connectivity index (χ2v) is 5.14. The van der Waals surface area contributed by atoms with Crippen LogP contribution >= 0.6 is 0 Å². The standard InChI is InChI=1S/C18H24O5/c1-3-22-17(20)12-8-11-15(18(21)23-4-2)13-16(19)14-9-6-5-7-10-14/h5-7,9-10,15H,3-4,8,11-13H2,1-2H3/t15-/m1/s1. The summed E-state index contributed by atoms with van der Waals surface area (Å²) in [5.74, 6) is -1.30. The topological polar surface area (TPSA) is 69.7 Å². The van der Waals surface area contributed by atoms with Crippen LogP contribution in [0.25, 0.3) is 0 Å². The Morgan fingerprint density at radius 3 is 2.26 bits per heavy atom. The van der Waals surface area contributed by atoms with Crippen molar-refractivity contribution >= 4 is 17.7 Å². The van der Waals surface area contributed by atoms with Gasteiger partial charge in [-0.3, -0.25) is 14.4 Å². The molecule has 0 saturated heterocycles. The summed E-state index contributed by atoms with van der Waals surface area (Å²) in [4.78, 5) is 35.6. The van der Waals surface area contributed by atoms with Crippen molar-refractivity contribution in [2.45, 2.75) is 39.5 Å². The molecule has 0 heterocycles. The molecule has 0 aliphatic rings. The molecule has 1 aromatic carbocycles. The first kappa shape index (κ1) is 18.9. The Labute approximate surface area is 137 Å². The fraction of sp³-hybridized carbons (Fsp3) is 0.500. The maximum Gasteiger partial charge on any atom is 0.309 e. The van der Waals surface area contributed by atoms with E-state index in [9.17, 15) is 14.4 Å². The first-order chi connectivity index (χ1) is 11.1. The third kappa shape index (κ3) is 7.08. The predicted molar refractivity (Wildman–Crippen MR) is 86.0 cm³/mol. The SMILES string of the molecule is CCOC(=O)CCC[C@H](CC(=O)c1ccccc1)C(=O)OCC. The first-order valence-electron chi connectivity index (χ1n) is 7.99. The van der Waals surface area contributed by atoms with Gasteiger partial charge >= 0.3 is 11.9 Å². The minimum absolute atomic E-state index is 0.0890. The van der Waals surface area contributed by atoms with Crippen LogP contribution in [0.5, 0.6) is 0 Å². The highest BCUT2D eigenvalue weighted by Gasteiger charge is 2.23. The van der Waals surface area contributed by atoms with Gasteiger partial charge in [0.25, 0.3) is 0 Å². The zero-order chi connectivity index (χ0) is 17.1. The normalized spacial score (nSPS) is 11.6. The van der Waals surface area contributed by atoms with Crippen molar-refractivity contribution in [3.63, 3.8) is 0 Å². The Hall–Kier alpha value is -2.17. The molecule has 0 aliphatic heterocycles. The average molecular weight is 320 g/mol. The Balaban J connectivity index is 2.60. The van der Waals surface area contributed by atoms with E-state index in [1.807, 2.05) is 6.07 Å². The molecule has 0 unspecified atom stereocenters. The maximum absolute atomic E-state index is 12.3. The maximum atomic E-state index is 12.3. The van der Waals surface area contributed by atoms with Crippen molar-refractivity contribution in [2.24, 2.45) is 5.92 Å². The van der Waals surface area contributed by atoms with Crippen molar-refractivity contribution in [2.75, 3.05) is 13.2 Å². The lowest BCUT2D eigenvalue weighted by Gasteiger charge is -2.14. The van der Waals surface area contributed by atoms with Gasteiger partial charge in [-0.1, -0.05) is 30.3 Å². The van der Waals surface area contributed by atoms with Crippen molar-refractivity contribution in [1.29, 1.82) is 0 Å². The highest BCUT2D eigenvalue weighted by molar-refractivity contribution is 5.98. The van der Waals surface area contributed by atoms with Gasteiger partial charge in [0.1, 0.15) is 0 Å². The number of rotatable bonds is 10. The van der Waals surface area contributed by atoms with Gasteiger partial charge < -0.3 is 9.47 Å². The molecule has 0 N–H and O–H groups in total. The summed E-state index contributed by atoms with van der Waals surface area (Å²) in [6.45, 7) is 4.09. The molecule has 1 atom stereocenters. The summed E-state index contributed by atoms with van der Waals surface area (Å²) in [7, 11) is 0. The summed E-state index contributed by atoms with van der Waals surface area (Å²) in [5, 5.41) is 0. The van der Waals surface area contributed by atoms with E-state index in [4.69, 9.17) is 9.47 Å². The number of hydrogen-bond donors (Lipinski definition) is 0. The fourth-order valence-corrected chi connectivity index (χ4v) is 2.26. The average Bonchev–Trinajstić information content (AvgIpc) is 2.55. The van der Waals surface area contributed by atoms with Crippen molar-refractivity contribution in [3.8, 4) is 0 Å². The van der Waals surface area contributed by atoms with Crippen LogP contribution in [0.4, 0.5) is 0 Å². The van der Waals surface area contributed by atoms with E-state index in [2.05, 4.69) is 0 Å². The summed E-state index contributed by atoms with van der Waals surface area (Å²) in [5.41, 5.74) is 0.576. The highest BCUT2D eigenvalue weighted by Crippen LogP contribution is 2.18. The van der Waals surface area contributed by atoms with E-state index in [1.165, 1.54) is 0 Å². The van der Waals surface area contributed by atoms with Crippen LogP contribution in [0.2, 0.25) is 0 Å². The number of esters is 2. The first-order valence-corrected chi connectivity index (χ1v) is 7.99. The van der Waals surface area contributed by atoms with E-state index in [1.54, 1.807) is 38.1 Å². The smallest absolute Gasteiger partial charge is 0.309 e. The quantitative estimate of drug-likeness (QED) is 0.489. The minimum atomic E-state index is -0.530. The molecule has 0 saturated carbocycles. The third-order valence-electron chi connectivity index (χ3n) is 3.39. The van der Waals surface area contributed by atoms with E-state index < -0.39 is 5.92 Å². The van der Waals surface area contributed by atoms with E-state index in [-0.39, 0.29) is 37.2 Å². The molecule has 0 aromatic heterocycles. The largest absolute Gasteiger partial charge is 0.466 e. The molecule has 0 amide bonds. The van der Waals surface area contributed by atoms with Gasteiger partial charge in [0, 0.05) is 18.4 Å². The molecule has 0 radical (unpaired) electrons. The second kappa shape index (κ2) is 10.5. The molecule has 0 bridgehead atoms. The number of hydrogen-bond acceptors (Lipinski definition) is 5. The Bertz CT molecular complexity index is 509. The summed E-state index contributed by atoms with van der Waals surface area (Å²) < 4.78 is 9.90. The number of carbonyl (C=O) groups is 3. The lowest BCUT2D eigenvalue weighted by atomic mass is 9.93. The number of ketones is 1. The molecule has 5 nitrogen and oxygen atoms in total. The Morgan fingerprint density at radius 2 is 1.65 bits per heavy atom. The molecule has 126 valence electrons. The molecule has 1 aromatic rings. The molecule has 0 spiro atoms. The summed E-state index contributed by atoms with van der Waals surface area (Å²) in [6.07, 6.45) is 1.25. The summed E-state index contributed by atoms with van der Waals surface area (Å²) in [6, 6.07) is 8.85. The Kier molecular flexibility index (Phi) is 8.65. The van der Waals surface area contributed by atoms with Crippen molar-refractivity contribution < 1.29 is 23.9 Å². The van der Waals surface area contributed by atoms with Crippen LogP contribution in [0.15, 0.2) is 30.3 Å². The zero-order valence-corrected chi connectivity index (χ0v) is 13.7. The second-order valence-electron chi connectivity index (χ2n) is 5.14. The molecule has 5 heteroatoms. The van der Waals surface area contributed by atoms with Crippen LogP contribution in [0.1, 0.15) is 49.9 Å². The van der Waals surface area contributed by atoms with Crippen LogP contribution < -0.4 is 0 Å². The summed E-state index contributed by atoms with van der Waals surface area (Å²) >= 11 is 0. The molecule has 23 heavy (non-hydrogen) atoms. The minimum Gasteiger partial charge on any atom is -0.466 e. The van der Waals surface area contributed by atoms with Crippen LogP contribution in [-0.2, 0) is 19.1 Å². The molecule has 0 aliphatic carbocycles. The van der Waals surface area contributed by atoms with E-state index in [0.717, 1.165) is 0 Å². The lowest BCUT2D eigenvalue weighted by molar-refractivity contribution is -0.149. The molecule has 0 fully saturated rings. The van der Waals surface area contributed by atoms with Crippen LogP contribution in [0.3, 0.4) is 0 Å². The molecule has 1 rings (SSSR count). The predicted octanol–water partition coefficient (Wildman–Crippen LogP) is 3.17. The number of Topliss-reactive ketones (excluding diaryl/α,β-unsaturated/α-hetero) is 1. The molecular weight excluding hydrogens is 296 g/mol. The number of benzene rings is 1. The zero-order valence-electron chi connectivity index (χ0n) is 13.7. The highest BCUT2D eigenvalue weighted by atomic mass is 16.5. The van der Waals surface area contributed by atoms with Gasteiger partial charge in [-0.05, 0) is 26.7 Å². The monoisotopic (exact) mass is 320 g/mol. The van der Waals surface area contributed by atoms with Crippen molar-refractivity contribution in [1.82, 2.24) is 0 Å².